The molecule has 0 aromatic heterocycles. The molecule has 1 saturated carbocycles. The van der Waals surface area contributed by atoms with Crippen LogP contribution < -0.4 is 0 Å². The van der Waals surface area contributed by atoms with Gasteiger partial charge in [0.1, 0.15) is 0 Å². The minimum Gasteiger partial charge on any atom is -0.348 e. The number of halogens is 3. The minimum absolute atomic E-state index is 0.0266. The largest absolute Gasteiger partial charge is 0.392 e. The van der Waals surface area contributed by atoms with E-state index in [1.165, 1.54) is 0 Å². The zero-order valence-electron chi connectivity index (χ0n) is 10.1. The molecule has 1 saturated heterocycles. The first-order valence-corrected chi connectivity index (χ1v) is 6.31. The van der Waals surface area contributed by atoms with Crippen molar-refractivity contribution in [3.63, 3.8) is 0 Å². The lowest BCUT2D eigenvalue weighted by Gasteiger charge is -2.41. The highest BCUT2D eigenvalue weighted by Crippen LogP contribution is 2.49. The smallest absolute Gasteiger partial charge is 0.348 e. The highest BCUT2D eigenvalue weighted by molar-refractivity contribution is 4.90. The molecule has 0 aromatic rings. The fourth-order valence-corrected chi connectivity index (χ4v) is 3.07. The standard InChI is InChI=1S/C12H19F3O2/c1-2-3-9-4-5-11(16-6-7-17-11)8-10(9)12(13,14)15/h9-10H,2-8H2,1H3. The van der Waals surface area contributed by atoms with Gasteiger partial charge in [-0.05, 0) is 12.3 Å². The summed E-state index contributed by atoms with van der Waals surface area (Å²) in [5.41, 5.74) is 0. The summed E-state index contributed by atoms with van der Waals surface area (Å²) in [5, 5.41) is 0. The van der Waals surface area contributed by atoms with Crippen LogP contribution in [0.2, 0.25) is 0 Å². The molecular weight excluding hydrogens is 233 g/mol. The average Bonchev–Trinajstić information content (AvgIpc) is 2.69. The van der Waals surface area contributed by atoms with Crippen LogP contribution in [0.15, 0.2) is 0 Å². The normalized spacial score (nSPS) is 33.2. The van der Waals surface area contributed by atoms with E-state index in [1.54, 1.807) is 0 Å². The molecule has 1 spiro atoms. The predicted octanol–water partition coefficient (Wildman–Crippen LogP) is 3.51. The van der Waals surface area contributed by atoms with E-state index in [0.717, 1.165) is 6.42 Å². The molecule has 2 unspecified atom stereocenters. The van der Waals surface area contributed by atoms with Crippen LogP contribution in [-0.2, 0) is 9.47 Å². The summed E-state index contributed by atoms with van der Waals surface area (Å²) in [5.74, 6) is -2.47. The van der Waals surface area contributed by atoms with Crippen molar-refractivity contribution in [2.45, 2.75) is 51.0 Å². The van der Waals surface area contributed by atoms with Crippen LogP contribution in [0.3, 0.4) is 0 Å². The Hall–Kier alpha value is -0.290. The van der Waals surface area contributed by atoms with Crippen LogP contribution in [0.1, 0.15) is 39.0 Å². The van der Waals surface area contributed by atoms with Gasteiger partial charge in [0, 0.05) is 12.8 Å². The first kappa shape index (κ1) is 13.1. The van der Waals surface area contributed by atoms with Crippen molar-refractivity contribution in [1.29, 1.82) is 0 Å². The van der Waals surface area contributed by atoms with Gasteiger partial charge in [-0.1, -0.05) is 19.8 Å². The first-order valence-electron chi connectivity index (χ1n) is 6.31. The van der Waals surface area contributed by atoms with Crippen LogP contribution >= 0.6 is 0 Å². The van der Waals surface area contributed by atoms with Gasteiger partial charge in [0.05, 0.1) is 19.1 Å². The molecule has 2 rings (SSSR count). The molecule has 17 heavy (non-hydrogen) atoms. The Kier molecular flexibility index (Phi) is 3.69. The van der Waals surface area contributed by atoms with Crippen LogP contribution in [0.4, 0.5) is 13.2 Å². The van der Waals surface area contributed by atoms with Crippen molar-refractivity contribution < 1.29 is 22.6 Å². The molecule has 5 heteroatoms. The Morgan fingerprint density at radius 1 is 1.24 bits per heavy atom. The monoisotopic (exact) mass is 252 g/mol. The van der Waals surface area contributed by atoms with E-state index in [2.05, 4.69) is 0 Å². The van der Waals surface area contributed by atoms with Gasteiger partial charge in [-0.25, -0.2) is 0 Å². The molecular formula is C12H19F3O2. The lowest BCUT2D eigenvalue weighted by molar-refractivity contribution is -0.258. The minimum atomic E-state index is -4.14. The van der Waals surface area contributed by atoms with E-state index in [9.17, 15) is 13.2 Å². The molecule has 2 atom stereocenters. The predicted molar refractivity (Wildman–Crippen MR) is 56.4 cm³/mol. The van der Waals surface area contributed by atoms with Gasteiger partial charge >= 0.3 is 6.18 Å². The Balaban J connectivity index is 2.09. The zero-order valence-corrected chi connectivity index (χ0v) is 10.1. The van der Waals surface area contributed by atoms with Gasteiger partial charge in [-0.15, -0.1) is 0 Å². The van der Waals surface area contributed by atoms with Crippen molar-refractivity contribution in [1.82, 2.24) is 0 Å². The molecule has 1 aliphatic carbocycles. The summed E-state index contributed by atoms with van der Waals surface area (Å²) < 4.78 is 49.9. The molecule has 100 valence electrons. The second-order valence-corrected chi connectivity index (χ2v) is 5.05. The average molecular weight is 252 g/mol. The maximum Gasteiger partial charge on any atom is 0.392 e. The highest BCUT2D eigenvalue weighted by Gasteiger charge is 2.54. The molecule has 0 radical (unpaired) electrons. The molecule has 1 heterocycles. The SMILES string of the molecule is CCCC1CCC2(CC1C(F)(F)F)OCCO2. The van der Waals surface area contributed by atoms with E-state index in [4.69, 9.17) is 9.47 Å². The van der Waals surface area contributed by atoms with Crippen LogP contribution in [0, 0.1) is 11.8 Å². The summed E-state index contributed by atoms with van der Waals surface area (Å²) in [6.07, 6.45) is -1.57. The molecule has 0 N–H and O–H groups in total. The Bertz CT molecular complexity index is 259. The molecule has 0 amide bonds. The van der Waals surface area contributed by atoms with Gasteiger partial charge < -0.3 is 9.47 Å². The van der Waals surface area contributed by atoms with Crippen molar-refractivity contribution in [3.05, 3.63) is 0 Å². The van der Waals surface area contributed by atoms with E-state index >= 15 is 0 Å². The summed E-state index contributed by atoms with van der Waals surface area (Å²) in [7, 11) is 0. The summed E-state index contributed by atoms with van der Waals surface area (Å²) in [4.78, 5) is 0. The molecule has 0 bridgehead atoms. The summed E-state index contributed by atoms with van der Waals surface area (Å²) >= 11 is 0. The third-order valence-corrected chi connectivity index (χ3v) is 3.89. The van der Waals surface area contributed by atoms with Crippen molar-refractivity contribution in [2.75, 3.05) is 13.2 Å². The van der Waals surface area contributed by atoms with Crippen molar-refractivity contribution in [2.24, 2.45) is 11.8 Å². The van der Waals surface area contributed by atoms with E-state index in [1.807, 2.05) is 6.92 Å². The van der Waals surface area contributed by atoms with Gasteiger partial charge in [0.15, 0.2) is 5.79 Å². The summed E-state index contributed by atoms with van der Waals surface area (Å²) in [6, 6.07) is 0. The summed E-state index contributed by atoms with van der Waals surface area (Å²) in [6.45, 7) is 2.77. The van der Waals surface area contributed by atoms with Gasteiger partial charge in [-0.3, -0.25) is 0 Å². The Labute approximate surface area is 99.5 Å². The topological polar surface area (TPSA) is 18.5 Å². The zero-order chi connectivity index (χ0) is 12.5. The number of hydrogen-bond acceptors (Lipinski definition) is 2. The third kappa shape index (κ3) is 2.76. The second-order valence-electron chi connectivity index (χ2n) is 5.05. The quantitative estimate of drug-likeness (QED) is 0.748. The lowest BCUT2D eigenvalue weighted by Crippen LogP contribution is -2.45. The van der Waals surface area contributed by atoms with Crippen molar-refractivity contribution >= 4 is 0 Å². The third-order valence-electron chi connectivity index (χ3n) is 3.89. The Morgan fingerprint density at radius 2 is 1.88 bits per heavy atom. The van der Waals surface area contributed by atoms with E-state index in [0.29, 0.717) is 32.5 Å². The van der Waals surface area contributed by atoms with Crippen LogP contribution in [0.25, 0.3) is 0 Å². The first-order chi connectivity index (χ1) is 7.97. The number of alkyl halides is 3. The second kappa shape index (κ2) is 4.76. The fourth-order valence-electron chi connectivity index (χ4n) is 3.07. The number of hydrogen-bond donors (Lipinski definition) is 0. The van der Waals surface area contributed by atoms with Gasteiger partial charge in [-0.2, -0.15) is 13.2 Å². The van der Waals surface area contributed by atoms with Crippen LogP contribution in [0.5, 0.6) is 0 Å². The van der Waals surface area contributed by atoms with Gasteiger partial charge in [0.2, 0.25) is 0 Å². The lowest BCUT2D eigenvalue weighted by atomic mass is 9.74. The van der Waals surface area contributed by atoms with Crippen molar-refractivity contribution in [3.8, 4) is 0 Å². The van der Waals surface area contributed by atoms with E-state index < -0.39 is 17.9 Å². The highest BCUT2D eigenvalue weighted by atomic mass is 19.4. The maximum atomic E-state index is 13.0. The molecule has 0 aromatic carbocycles. The molecule has 1 aliphatic heterocycles. The fraction of sp³-hybridized carbons (Fsp3) is 1.00. The molecule has 2 aliphatic rings. The number of ether oxygens (including phenoxy) is 2. The number of rotatable bonds is 2. The van der Waals surface area contributed by atoms with E-state index in [-0.39, 0.29) is 12.3 Å². The van der Waals surface area contributed by atoms with Crippen LogP contribution in [-0.4, -0.2) is 25.2 Å². The van der Waals surface area contributed by atoms with Gasteiger partial charge in [0.25, 0.3) is 0 Å². The molecule has 2 fully saturated rings. The molecule has 2 nitrogen and oxygen atoms in total. The maximum absolute atomic E-state index is 13.0. The Morgan fingerprint density at radius 3 is 2.41 bits per heavy atom.